The fraction of sp³-hybridized carbons (Fsp3) is 0.353. The van der Waals surface area contributed by atoms with Gasteiger partial charge in [0, 0.05) is 43.0 Å². The van der Waals surface area contributed by atoms with Crippen LogP contribution >= 0.6 is 11.6 Å². The molecule has 0 N–H and O–H groups in total. The molecule has 1 aromatic carbocycles. The SMILES string of the molecule is Cc1cc(C(=O)OCC(=O)N2CCN(c3cccc(Cl)c3)CC2)on1. The van der Waals surface area contributed by atoms with Crippen molar-refractivity contribution in [3.05, 3.63) is 46.8 Å². The van der Waals surface area contributed by atoms with Crippen LogP contribution in [0.3, 0.4) is 0 Å². The second-order valence-electron chi connectivity index (χ2n) is 5.76. The molecule has 1 aliphatic heterocycles. The van der Waals surface area contributed by atoms with E-state index in [4.69, 9.17) is 20.9 Å². The maximum atomic E-state index is 12.2. The van der Waals surface area contributed by atoms with E-state index in [2.05, 4.69) is 10.1 Å². The molecule has 2 aromatic rings. The highest BCUT2D eigenvalue weighted by atomic mass is 35.5. The van der Waals surface area contributed by atoms with Gasteiger partial charge in [-0.05, 0) is 25.1 Å². The van der Waals surface area contributed by atoms with Gasteiger partial charge in [0.25, 0.3) is 5.91 Å². The Morgan fingerprint density at radius 3 is 2.64 bits per heavy atom. The van der Waals surface area contributed by atoms with Crippen LogP contribution in [0.15, 0.2) is 34.9 Å². The number of benzene rings is 1. The first-order valence-electron chi connectivity index (χ1n) is 7.91. The Kier molecular flexibility index (Phi) is 5.23. The summed E-state index contributed by atoms with van der Waals surface area (Å²) in [6, 6.07) is 9.09. The minimum absolute atomic E-state index is 0.00363. The number of esters is 1. The van der Waals surface area contributed by atoms with Crippen LogP contribution in [0.1, 0.15) is 16.2 Å². The van der Waals surface area contributed by atoms with Gasteiger partial charge in [0.15, 0.2) is 6.61 Å². The molecular weight excluding hydrogens is 346 g/mol. The largest absolute Gasteiger partial charge is 0.450 e. The van der Waals surface area contributed by atoms with Crippen molar-refractivity contribution in [3.8, 4) is 0 Å². The van der Waals surface area contributed by atoms with Crippen LogP contribution in [-0.4, -0.2) is 54.7 Å². The maximum Gasteiger partial charge on any atom is 0.377 e. The number of halogens is 1. The van der Waals surface area contributed by atoms with Crippen LogP contribution in [0.25, 0.3) is 0 Å². The van der Waals surface area contributed by atoms with Crippen LogP contribution in [0.2, 0.25) is 5.02 Å². The number of piperazine rings is 1. The normalized spacial score (nSPS) is 14.5. The molecule has 1 fully saturated rings. The molecule has 7 nitrogen and oxygen atoms in total. The number of hydrogen-bond acceptors (Lipinski definition) is 6. The minimum atomic E-state index is -0.688. The quantitative estimate of drug-likeness (QED) is 0.775. The number of aromatic nitrogens is 1. The van der Waals surface area contributed by atoms with Gasteiger partial charge >= 0.3 is 5.97 Å². The summed E-state index contributed by atoms with van der Waals surface area (Å²) in [6.45, 7) is 3.90. The number of rotatable bonds is 4. The second-order valence-corrected chi connectivity index (χ2v) is 6.19. The monoisotopic (exact) mass is 363 g/mol. The Balaban J connectivity index is 1.47. The lowest BCUT2D eigenvalue weighted by atomic mass is 10.2. The van der Waals surface area contributed by atoms with Gasteiger partial charge in [0.2, 0.25) is 5.76 Å². The predicted octanol–water partition coefficient (Wildman–Crippen LogP) is 2.14. The van der Waals surface area contributed by atoms with E-state index in [1.54, 1.807) is 11.8 Å². The first-order valence-corrected chi connectivity index (χ1v) is 8.29. The van der Waals surface area contributed by atoms with E-state index in [1.165, 1.54) is 6.07 Å². The number of ether oxygens (including phenoxy) is 1. The Labute approximate surface area is 150 Å². The third-order valence-electron chi connectivity index (χ3n) is 3.96. The standard InChI is InChI=1S/C17H18ClN3O4/c1-12-9-15(25-19-12)17(23)24-11-16(22)21-7-5-20(6-8-21)14-4-2-3-13(18)10-14/h2-4,9-10H,5-8,11H2,1H3. The van der Waals surface area contributed by atoms with E-state index in [9.17, 15) is 9.59 Å². The molecule has 3 rings (SSSR count). The first kappa shape index (κ1) is 17.3. The zero-order valence-corrected chi connectivity index (χ0v) is 14.5. The fourth-order valence-corrected chi connectivity index (χ4v) is 2.82. The number of hydrogen-bond donors (Lipinski definition) is 0. The van der Waals surface area contributed by atoms with Gasteiger partial charge in [0.05, 0.1) is 5.69 Å². The average molecular weight is 364 g/mol. The van der Waals surface area contributed by atoms with Crippen molar-refractivity contribution < 1.29 is 18.8 Å². The van der Waals surface area contributed by atoms with E-state index in [0.717, 1.165) is 5.69 Å². The molecule has 0 saturated carbocycles. The molecule has 0 atom stereocenters. The van der Waals surface area contributed by atoms with Crippen LogP contribution in [0, 0.1) is 6.92 Å². The van der Waals surface area contributed by atoms with E-state index < -0.39 is 5.97 Å². The Morgan fingerprint density at radius 1 is 1.24 bits per heavy atom. The molecule has 0 unspecified atom stereocenters. The zero-order chi connectivity index (χ0) is 17.8. The molecule has 0 bridgehead atoms. The lowest BCUT2D eigenvalue weighted by molar-refractivity contribution is -0.134. The van der Waals surface area contributed by atoms with E-state index in [1.807, 2.05) is 24.3 Å². The molecule has 0 radical (unpaired) electrons. The Hall–Kier alpha value is -2.54. The summed E-state index contributed by atoms with van der Waals surface area (Å²) < 4.78 is 9.80. The molecule has 1 aromatic heterocycles. The fourth-order valence-electron chi connectivity index (χ4n) is 2.64. The Morgan fingerprint density at radius 2 is 2.00 bits per heavy atom. The van der Waals surface area contributed by atoms with Gasteiger partial charge < -0.3 is 19.1 Å². The van der Waals surface area contributed by atoms with Crippen molar-refractivity contribution in [1.29, 1.82) is 0 Å². The topological polar surface area (TPSA) is 75.9 Å². The van der Waals surface area contributed by atoms with Gasteiger partial charge in [-0.15, -0.1) is 0 Å². The molecule has 2 heterocycles. The van der Waals surface area contributed by atoms with Crippen LogP contribution in [0.4, 0.5) is 5.69 Å². The second kappa shape index (κ2) is 7.57. The molecule has 0 aliphatic carbocycles. The molecule has 0 spiro atoms. The third-order valence-corrected chi connectivity index (χ3v) is 4.20. The van der Waals surface area contributed by atoms with Crippen LogP contribution in [0.5, 0.6) is 0 Å². The molecular formula is C17H18ClN3O4. The van der Waals surface area contributed by atoms with Crippen molar-refractivity contribution in [2.75, 3.05) is 37.7 Å². The summed E-state index contributed by atoms with van der Waals surface area (Å²) in [5.74, 6) is -0.919. The number of anilines is 1. The van der Waals surface area contributed by atoms with E-state index in [-0.39, 0.29) is 18.3 Å². The predicted molar refractivity (Wildman–Crippen MR) is 91.8 cm³/mol. The van der Waals surface area contributed by atoms with Crippen molar-refractivity contribution in [1.82, 2.24) is 10.1 Å². The summed E-state index contributed by atoms with van der Waals surface area (Å²) in [5, 5.41) is 4.30. The lowest BCUT2D eigenvalue weighted by Crippen LogP contribution is -2.49. The van der Waals surface area contributed by atoms with Crippen LogP contribution in [-0.2, 0) is 9.53 Å². The number of aryl methyl sites for hydroxylation is 1. The highest BCUT2D eigenvalue weighted by Gasteiger charge is 2.23. The summed E-state index contributed by atoms with van der Waals surface area (Å²) in [4.78, 5) is 27.8. The zero-order valence-electron chi connectivity index (χ0n) is 13.8. The molecule has 1 amide bonds. The van der Waals surface area contributed by atoms with Gasteiger partial charge in [-0.25, -0.2) is 4.79 Å². The van der Waals surface area contributed by atoms with Crippen molar-refractivity contribution in [2.45, 2.75) is 6.92 Å². The summed E-state index contributed by atoms with van der Waals surface area (Å²) in [7, 11) is 0. The highest BCUT2D eigenvalue weighted by molar-refractivity contribution is 6.30. The number of carbonyl (C=O) groups is 2. The first-order chi connectivity index (χ1) is 12.0. The lowest BCUT2D eigenvalue weighted by Gasteiger charge is -2.36. The summed E-state index contributed by atoms with van der Waals surface area (Å²) in [5.41, 5.74) is 1.61. The molecule has 8 heteroatoms. The molecule has 132 valence electrons. The highest BCUT2D eigenvalue weighted by Crippen LogP contribution is 2.20. The Bertz CT molecular complexity index is 769. The van der Waals surface area contributed by atoms with Gasteiger partial charge in [-0.1, -0.05) is 22.8 Å². The van der Waals surface area contributed by atoms with Crippen molar-refractivity contribution in [3.63, 3.8) is 0 Å². The van der Waals surface area contributed by atoms with E-state index in [0.29, 0.717) is 36.9 Å². The summed E-state index contributed by atoms with van der Waals surface area (Å²) in [6.07, 6.45) is 0. The van der Waals surface area contributed by atoms with Crippen LogP contribution < -0.4 is 4.90 Å². The minimum Gasteiger partial charge on any atom is -0.450 e. The maximum absolute atomic E-state index is 12.2. The molecule has 1 aliphatic rings. The summed E-state index contributed by atoms with van der Waals surface area (Å²) >= 11 is 6.01. The number of nitrogens with zero attached hydrogens (tertiary/aromatic N) is 3. The smallest absolute Gasteiger partial charge is 0.377 e. The van der Waals surface area contributed by atoms with Gasteiger partial charge in [-0.2, -0.15) is 0 Å². The third kappa shape index (κ3) is 4.30. The van der Waals surface area contributed by atoms with Crippen molar-refractivity contribution in [2.24, 2.45) is 0 Å². The van der Waals surface area contributed by atoms with Crippen molar-refractivity contribution >= 4 is 29.2 Å². The number of carbonyl (C=O) groups excluding carboxylic acids is 2. The molecule has 1 saturated heterocycles. The average Bonchev–Trinajstić information content (AvgIpc) is 3.06. The van der Waals surface area contributed by atoms with Gasteiger partial charge in [-0.3, -0.25) is 4.79 Å². The molecule has 25 heavy (non-hydrogen) atoms. The number of amides is 1. The van der Waals surface area contributed by atoms with E-state index >= 15 is 0 Å². The van der Waals surface area contributed by atoms with Gasteiger partial charge in [0.1, 0.15) is 0 Å².